The van der Waals surface area contributed by atoms with Crippen LogP contribution in [0.4, 0.5) is 4.39 Å². The fourth-order valence-electron chi connectivity index (χ4n) is 1.94. The van der Waals surface area contributed by atoms with Gasteiger partial charge in [-0.15, -0.1) is 5.10 Å². The van der Waals surface area contributed by atoms with E-state index >= 15 is 0 Å². The molecule has 102 valence electrons. The van der Waals surface area contributed by atoms with Gasteiger partial charge in [0.25, 0.3) is 0 Å². The number of halogens is 1. The van der Waals surface area contributed by atoms with E-state index in [1.165, 1.54) is 6.07 Å². The summed E-state index contributed by atoms with van der Waals surface area (Å²) in [7, 11) is 1.93. The van der Waals surface area contributed by atoms with Gasteiger partial charge in [-0.2, -0.15) is 0 Å². The molecule has 0 aliphatic rings. The summed E-state index contributed by atoms with van der Waals surface area (Å²) in [6.45, 7) is 4.01. The second-order valence-electron chi connectivity index (χ2n) is 4.58. The third-order valence-corrected chi connectivity index (χ3v) is 2.85. The van der Waals surface area contributed by atoms with Gasteiger partial charge in [0.1, 0.15) is 5.82 Å². The summed E-state index contributed by atoms with van der Waals surface area (Å²) in [6, 6.07) is 6.80. The summed E-state index contributed by atoms with van der Waals surface area (Å²) in [5, 5.41) is 11.6. The number of hydrogen-bond donors (Lipinski definition) is 0. The molecule has 0 bridgehead atoms. The van der Waals surface area contributed by atoms with Crippen LogP contribution in [0.2, 0.25) is 0 Å². The third kappa shape index (κ3) is 3.57. The zero-order valence-electron chi connectivity index (χ0n) is 11.3. The lowest BCUT2D eigenvalue weighted by Crippen LogP contribution is -2.21. The Morgan fingerprint density at radius 2 is 2.05 bits per heavy atom. The Labute approximate surface area is 112 Å². The topological polar surface area (TPSA) is 46.8 Å². The molecule has 0 aliphatic carbocycles. The highest BCUT2D eigenvalue weighted by Gasteiger charge is 2.10. The van der Waals surface area contributed by atoms with Gasteiger partial charge in [0.05, 0.1) is 6.54 Å². The number of aromatic nitrogens is 4. The van der Waals surface area contributed by atoms with Gasteiger partial charge in [-0.1, -0.05) is 25.1 Å². The van der Waals surface area contributed by atoms with E-state index in [4.69, 9.17) is 0 Å². The molecule has 1 aromatic carbocycles. The molecule has 1 heterocycles. The molecule has 0 aliphatic heterocycles. The van der Waals surface area contributed by atoms with Crippen molar-refractivity contribution in [2.75, 3.05) is 7.05 Å². The Hall–Kier alpha value is -1.82. The minimum absolute atomic E-state index is 0.178. The van der Waals surface area contributed by atoms with Gasteiger partial charge >= 0.3 is 0 Å². The van der Waals surface area contributed by atoms with E-state index in [0.29, 0.717) is 18.7 Å². The van der Waals surface area contributed by atoms with Crippen LogP contribution in [-0.4, -0.2) is 32.2 Å². The van der Waals surface area contributed by atoms with Crippen molar-refractivity contribution in [3.05, 3.63) is 41.5 Å². The zero-order chi connectivity index (χ0) is 13.7. The van der Waals surface area contributed by atoms with Crippen molar-refractivity contribution >= 4 is 0 Å². The second kappa shape index (κ2) is 6.38. The normalized spacial score (nSPS) is 11.2. The molecular weight excluding hydrogens is 245 g/mol. The van der Waals surface area contributed by atoms with Crippen molar-refractivity contribution in [1.29, 1.82) is 0 Å². The molecule has 1 aromatic heterocycles. The Morgan fingerprint density at radius 1 is 1.26 bits per heavy atom. The number of nitrogens with zero attached hydrogens (tertiary/aromatic N) is 5. The first-order chi connectivity index (χ1) is 9.20. The van der Waals surface area contributed by atoms with Crippen molar-refractivity contribution in [2.45, 2.75) is 33.0 Å². The lowest BCUT2D eigenvalue weighted by Gasteiger charge is -2.16. The lowest BCUT2D eigenvalue weighted by atomic mass is 10.2. The lowest BCUT2D eigenvalue weighted by molar-refractivity contribution is 0.297. The molecule has 0 spiro atoms. The van der Waals surface area contributed by atoms with Gasteiger partial charge < -0.3 is 0 Å². The predicted molar refractivity (Wildman–Crippen MR) is 69.7 cm³/mol. The molecule has 0 saturated heterocycles. The molecule has 0 N–H and O–H groups in total. The van der Waals surface area contributed by atoms with Gasteiger partial charge in [-0.05, 0) is 30.0 Å². The summed E-state index contributed by atoms with van der Waals surface area (Å²) >= 11 is 0. The number of hydrogen-bond acceptors (Lipinski definition) is 4. The summed E-state index contributed by atoms with van der Waals surface area (Å²) in [5.74, 6) is 0.628. The van der Waals surface area contributed by atoms with Crippen LogP contribution < -0.4 is 0 Å². The van der Waals surface area contributed by atoms with Crippen LogP contribution in [-0.2, 0) is 19.6 Å². The van der Waals surface area contributed by atoms with E-state index in [1.807, 2.05) is 18.0 Å². The van der Waals surface area contributed by atoms with Crippen LogP contribution in [0, 0.1) is 5.82 Å². The van der Waals surface area contributed by atoms with Gasteiger partial charge in [0, 0.05) is 18.7 Å². The van der Waals surface area contributed by atoms with Gasteiger partial charge in [-0.25, -0.2) is 9.07 Å². The van der Waals surface area contributed by atoms with E-state index in [-0.39, 0.29) is 5.82 Å². The van der Waals surface area contributed by atoms with Crippen LogP contribution in [0.5, 0.6) is 0 Å². The maximum absolute atomic E-state index is 13.6. The summed E-state index contributed by atoms with van der Waals surface area (Å²) < 4.78 is 15.3. The van der Waals surface area contributed by atoms with E-state index in [0.717, 1.165) is 18.8 Å². The first-order valence-electron chi connectivity index (χ1n) is 6.37. The molecule has 19 heavy (non-hydrogen) atoms. The molecule has 5 nitrogen and oxygen atoms in total. The quantitative estimate of drug-likeness (QED) is 0.798. The van der Waals surface area contributed by atoms with Crippen molar-refractivity contribution in [2.24, 2.45) is 0 Å². The summed E-state index contributed by atoms with van der Waals surface area (Å²) in [6.07, 6.45) is 0.981. The number of aryl methyl sites for hydroxylation is 1. The van der Waals surface area contributed by atoms with Crippen molar-refractivity contribution < 1.29 is 4.39 Å². The molecule has 0 unspecified atom stereocenters. The van der Waals surface area contributed by atoms with Crippen molar-refractivity contribution in [3.8, 4) is 0 Å². The van der Waals surface area contributed by atoms with E-state index in [9.17, 15) is 4.39 Å². The van der Waals surface area contributed by atoms with Gasteiger partial charge in [0.2, 0.25) is 0 Å². The minimum atomic E-state index is -0.178. The highest BCUT2D eigenvalue weighted by molar-refractivity contribution is 5.17. The maximum atomic E-state index is 13.6. The van der Waals surface area contributed by atoms with Gasteiger partial charge in [0.15, 0.2) is 5.82 Å². The zero-order valence-corrected chi connectivity index (χ0v) is 11.3. The van der Waals surface area contributed by atoms with Crippen LogP contribution in [0.25, 0.3) is 0 Å². The van der Waals surface area contributed by atoms with Crippen LogP contribution >= 0.6 is 0 Å². The van der Waals surface area contributed by atoms with Crippen molar-refractivity contribution in [1.82, 2.24) is 25.1 Å². The summed E-state index contributed by atoms with van der Waals surface area (Å²) in [4.78, 5) is 2.00. The molecule has 0 fully saturated rings. The van der Waals surface area contributed by atoms with Crippen LogP contribution in [0.1, 0.15) is 24.7 Å². The van der Waals surface area contributed by atoms with Crippen LogP contribution in [0.15, 0.2) is 24.3 Å². The van der Waals surface area contributed by atoms with E-state index < -0.39 is 0 Å². The molecule has 0 radical (unpaired) electrons. The first-order valence-corrected chi connectivity index (χ1v) is 6.37. The highest BCUT2D eigenvalue weighted by atomic mass is 19.1. The third-order valence-electron chi connectivity index (χ3n) is 2.85. The molecule has 0 saturated carbocycles. The van der Waals surface area contributed by atoms with Crippen molar-refractivity contribution in [3.63, 3.8) is 0 Å². The first kappa shape index (κ1) is 13.6. The fourth-order valence-corrected chi connectivity index (χ4v) is 1.94. The molecule has 0 amide bonds. The molecule has 2 aromatic rings. The predicted octanol–water partition coefficient (Wildman–Crippen LogP) is 1.85. The van der Waals surface area contributed by atoms with E-state index in [2.05, 4.69) is 22.4 Å². The SMILES string of the molecule is CCCn1nnnc1CN(C)Cc1ccccc1F. The number of tetrazole rings is 1. The number of rotatable bonds is 6. The Kier molecular flexibility index (Phi) is 4.57. The summed E-state index contributed by atoms with van der Waals surface area (Å²) in [5.41, 5.74) is 0.680. The van der Waals surface area contributed by atoms with E-state index in [1.54, 1.807) is 16.8 Å². The van der Waals surface area contributed by atoms with Crippen LogP contribution in [0.3, 0.4) is 0 Å². The molecule has 6 heteroatoms. The second-order valence-corrected chi connectivity index (χ2v) is 4.58. The Morgan fingerprint density at radius 3 is 2.79 bits per heavy atom. The maximum Gasteiger partial charge on any atom is 0.165 e. The Balaban J connectivity index is 1.99. The van der Waals surface area contributed by atoms with Gasteiger partial charge in [-0.3, -0.25) is 4.90 Å². The average Bonchev–Trinajstić information content (AvgIpc) is 2.80. The average molecular weight is 263 g/mol. The monoisotopic (exact) mass is 263 g/mol. The largest absolute Gasteiger partial charge is 0.295 e. The molecular formula is C13H18FN5. The number of benzene rings is 1. The smallest absolute Gasteiger partial charge is 0.165 e. The minimum Gasteiger partial charge on any atom is -0.295 e. The fraction of sp³-hybridized carbons (Fsp3) is 0.462. The molecule has 2 rings (SSSR count). The molecule has 0 atom stereocenters. The standard InChI is InChI=1S/C13H18FN5/c1-3-8-19-13(15-16-17-19)10-18(2)9-11-6-4-5-7-12(11)14/h4-7H,3,8-10H2,1-2H3. The Bertz CT molecular complexity index is 525. The highest BCUT2D eigenvalue weighted by Crippen LogP contribution is 2.10.